The predicted molar refractivity (Wildman–Crippen MR) is 82.2 cm³/mol. The lowest BCUT2D eigenvalue weighted by atomic mass is 10.3. The first kappa shape index (κ1) is 17.4. The molecule has 0 saturated carbocycles. The van der Waals surface area contributed by atoms with E-state index in [0.29, 0.717) is 10.8 Å². The van der Waals surface area contributed by atoms with Crippen molar-refractivity contribution in [3.63, 3.8) is 0 Å². The Morgan fingerprint density at radius 1 is 1.35 bits per heavy atom. The molecule has 0 unspecified atom stereocenters. The molecule has 1 aromatic carbocycles. The molecule has 0 spiro atoms. The number of hydrogen-bond donors (Lipinski definition) is 1. The van der Waals surface area contributed by atoms with Crippen molar-refractivity contribution in [2.75, 3.05) is 11.1 Å². The Morgan fingerprint density at radius 2 is 2.00 bits per heavy atom. The predicted octanol–water partition coefficient (Wildman–Crippen LogP) is 2.15. The van der Waals surface area contributed by atoms with Gasteiger partial charge in [-0.2, -0.15) is 8.78 Å². The Labute approximate surface area is 135 Å². The number of anilines is 1. The number of amides is 1. The van der Waals surface area contributed by atoms with E-state index in [1.807, 2.05) is 0 Å². The van der Waals surface area contributed by atoms with Crippen LogP contribution in [0.15, 0.2) is 46.7 Å². The van der Waals surface area contributed by atoms with Crippen molar-refractivity contribution in [2.45, 2.75) is 15.8 Å². The number of rotatable bonds is 6. The Hall–Kier alpha value is -1.94. The van der Waals surface area contributed by atoms with Crippen LogP contribution in [0.4, 0.5) is 14.5 Å². The zero-order valence-electron chi connectivity index (χ0n) is 11.9. The van der Waals surface area contributed by atoms with E-state index >= 15 is 0 Å². The molecule has 2 aromatic rings. The molecule has 2 rings (SSSR count). The molecule has 1 heterocycles. The van der Waals surface area contributed by atoms with Gasteiger partial charge in [0, 0.05) is 25.1 Å². The highest BCUT2D eigenvalue weighted by molar-refractivity contribution is 7.99. The molecule has 0 radical (unpaired) electrons. The van der Waals surface area contributed by atoms with Crippen molar-refractivity contribution < 1.29 is 22.0 Å². The first-order valence-electron chi connectivity index (χ1n) is 6.33. The highest BCUT2D eigenvalue weighted by Gasteiger charge is 2.26. The van der Waals surface area contributed by atoms with Crippen molar-refractivity contribution in [1.29, 1.82) is 0 Å². The van der Waals surface area contributed by atoms with Gasteiger partial charge in [-0.15, -0.1) is 0 Å². The number of aromatic nitrogens is 2. The van der Waals surface area contributed by atoms with Crippen molar-refractivity contribution in [3.8, 4) is 0 Å². The molecular weight excluding hydrogens is 348 g/mol. The van der Waals surface area contributed by atoms with Crippen molar-refractivity contribution in [2.24, 2.45) is 7.05 Å². The molecule has 0 aliphatic heterocycles. The molecule has 1 amide bonds. The molecule has 0 aliphatic carbocycles. The summed E-state index contributed by atoms with van der Waals surface area (Å²) >= 11 is 1.24. The maximum absolute atomic E-state index is 12.4. The van der Waals surface area contributed by atoms with Gasteiger partial charge in [-0.1, -0.05) is 11.8 Å². The van der Waals surface area contributed by atoms with Gasteiger partial charge in [0.05, 0.1) is 10.6 Å². The Kier molecular flexibility index (Phi) is 5.37. The van der Waals surface area contributed by atoms with Crippen molar-refractivity contribution >= 4 is 33.2 Å². The molecule has 6 nitrogen and oxygen atoms in total. The fourth-order valence-corrected chi connectivity index (χ4v) is 3.10. The number of imidazole rings is 1. The second-order valence-corrected chi connectivity index (χ2v) is 7.35. The molecule has 0 saturated heterocycles. The van der Waals surface area contributed by atoms with Gasteiger partial charge < -0.3 is 9.88 Å². The minimum absolute atomic E-state index is 0.113. The fraction of sp³-hybridized carbons (Fsp3) is 0.231. The summed E-state index contributed by atoms with van der Waals surface area (Å²) in [5.74, 6) is -3.68. The number of nitrogens with zero attached hydrogens (tertiary/aromatic N) is 2. The number of alkyl halides is 2. The summed E-state index contributed by atoms with van der Waals surface area (Å²) in [6.07, 6.45) is 3.37. The second kappa shape index (κ2) is 7.09. The number of carbonyl (C=O) groups excluding carboxylic acids is 1. The van der Waals surface area contributed by atoms with Crippen LogP contribution in [0.1, 0.15) is 0 Å². The Balaban J connectivity index is 1.96. The molecule has 124 valence electrons. The zero-order chi connectivity index (χ0) is 17.0. The Bertz CT molecular complexity index is 789. The highest BCUT2D eigenvalue weighted by Crippen LogP contribution is 2.20. The lowest BCUT2D eigenvalue weighted by molar-refractivity contribution is -0.113. The van der Waals surface area contributed by atoms with E-state index in [0.717, 1.165) is 12.1 Å². The smallest absolute Gasteiger partial charge is 0.329 e. The van der Waals surface area contributed by atoms with E-state index in [1.54, 1.807) is 24.0 Å². The van der Waals surface area contributed by atoms with Crippen LogP contribution < -0.4 is 5.32 Å². The van der Waals surface area contributed by atoms with E-state index in [-0.39, 0.29) is 11.7 Å². The standard InChI is InChI=1S/C13H13F2N3O3S2/c1-18-7-6-16-13(18)22-8-11(19)17-9-2-4-10(5-3-9)23(20,21)12(14)15/h2-7,12H,8H2,1H3,(H,17,19). The van der Waals surface area contributed by atoms with E-state index < -0.39 is 20.5 Å². The van der Waals surface area contributed by atoms with Crippen LogP contribution >= 0.6 is 11.8 Å². The minimum Gasteiger partial charge on any atom is -0.329 e. The third-order valence-electron chi connectivity index (χ3n) is 2.81. The van der Waals surface area contributed by atoms with E-state index in [4.69, 9.17) is 0 Å². The quantitative estimate of drug-likeness (QED) is 0.798. The molecule has 0 fully saturated rings. The fourth-order valence-electron chi connectivity index (χ4n) is 1.65. The molecule has 0 aliphatic rings. The summed E-state index contributed by atoms with van der Waals surface area (Å²) in [7, 11) is -2.83. The van der Waals surface area contributed by atoms with Gasteiger partial charge in [-0.3, -0.25) is 4.79 Å². The number of sulfone groups is 1. The van der Waals surface area contributed by atoms with Crippen LogP contribution in [0.3, 0.4) is 0 Å². The third kappa shape index (κ3) is 4.29. The summed E-state index contributed by atoms with van der Waals surface area (Å²) < 4.78 is 49.1. The first-order valence-corrected chi connectivity index (χ1v) is 8.86. The van der Waals surface area contributed by atoms with Gasteiger partial charge >= 0.3 is 5.76 Å². The van der Waals surface area contributed by atoms with Crippen LogP contribution in [0.5, 0.6) is 0 Å². The largest absolute Gasteiger partial charge is 0.341 e. The maximum atomic E-state index is 12.4. The lowest BCUT2D eigenvalue weighted by Gasteiger charge is -2.07. The van der Waals surface area contributed by atoms with Crippen LogP contribution in [0, 0.1) is 0 Å². The van der Waals surface area contributed by atoms with E-state index in [2.05, 4.69) is 10.3 Å². The highest BCUT2D eigenvalue weighted by atomic mass is 32.2. The van der Waals surface area contributed by atoms with Crippen LogP contribution in [-0.2, 0) is 21.7 Å². The molecular formula is C13H13F2N3O3S2. The molecule has 10 heteroatoms. The van der Waals surface area contributed by atoms with Crippen molar-refractivity contribution in [3.05, 3.63) is 36.7 Å². The van der Waals surface area contributed by atoms with Gasteiger partial charge in [0.1, 0.15) is 0 Å². The van der Waals surface area contributed by atoms with Gasteiger partial charge in [0.2, 0.25) is 15.7 Å². The molecule has 23 heavy (non-hydrogen) atoms. The monoisotopic (exact) mass is 361 g/mol. The average molecular weight is 361 g/mol. The van der Waals surface area contributed by atoms with E-state index in [1.165, 1.54) is 23.9 Å². The summed E-state index contributed by atoms with van der Waals surface area (Å²) in [6.45, 7) is 0. The SMILES string of the molecule is Cn1ccnc1SCC(=O)Nc1ccc(S(=O)(=O)C(F)F)cc1. The Morgan fingerprint density at radius 3 is 2.52 bits per heavy atom. The minimum atomic E-state index is -4.63. The molecule has 0 atom stereocenters. The van der Waals surface area contributed by atoms with Crippen molar-refractivity contribution in [1.82, 2.24) is 9.55 Å². The normalized spacial score (nSPS) is 11.7. The number of carbonyl (C=O) groups is 1. The molecule has 1 N–H and O–H groups in total. The number of aryl methyl sites for hydroxylation is 1. The van der Waals surface area contributed by atoms with Gasteiger partial charge in [-0.25, -0.2) is 13.4 Å². The number of nitrogens with one attached hydrogen (secondary N) is 1. The number of halogens is 2. The third-order valence-corrected chi connectivity index (χ3v) is 5.27. The zero-order valence-corrected chi connectivity index (χ0v) is 13.6. The van der Waals surface area contributed by atoms with Gasteiger partial charge in [0.15, 0.2) is 5.16 Å². The number of benzene rings is 1. The van der Waals surface area contributed by atoms with E-state index in [9.17, 15) is 22.0 Å². The van der Waals surface area contributed by atoms with Gasteiger partial charge in [-0.05, 0) is 24.3 Å². The van der Waals surface area contributed by atoms with Gasteiger partial charge in [0.25, 0.3) is 0 Å². The lowest BCUT2D eigenvalue weighted by Crippen LogP contribution is -2.15. The molecule has 1 aromatic heterocycles. The average Bonchev–Trinajstić information content (AvgIpc) is 2.91. The van der Waals surface area contributed by atoms with Crippen LogP contribution in [-0.4, -0.2) is 35.4 Å². The van der Waals surface area contributed by atoms with Crippen LogP contribution in [0.25, 0.3) is 0 Å². The number of hydrogen-bond acceptors (Lipinski definition) is 5. The van der Waals surface area contributed by atoms with Crippen LogP contribution in [0.2, 0.25) is 0 Å². The second-order valence-electron chi connectivity index (χ2n) is 4.49. The first-order chi connectivity index (χ1) is 10.8. The maximum Gasteiger partial charge on any atom is 0.341 e. The summed E-state index contributed by atoms with van der Waals surface area (Å²) in [5.41, 5.74) is 0.323. The topological polar surface area (TPSA) is 81.1 Å². The summed E-state index contributed by atoms with van der Waals surface area (Å²) in [6, 6.07) is 4.59. The number of thioether (sulfide) groups is 1. The summed E-state index contributed by atoms with van der Waals surface area (Å²) in [5, 5.41) is 3.23. The summed E-state index contributed by atoms with van der Waals surface area (Å²) in [4.78, 5) is 15.4. The molecule has 0 bridgehead atoms.